The summed E-state index contributed by atoms with van der Waals surface area (Å²) in [6.45, 7) is 1.56. The average Bonchev–Trinajstić information content (AvgIpc) is 3.05. The second kappa shape index (κ2) is 5.18. The van der Waals surface area contributed by atoms with E-state index in [2.05, 4.69) is 21.7 Å². The molecule has 0 radical (unpaired) electrons. The fourth-order valence-corrected chi connectivity index (χ4v) is 3.15. The summed E-state index contributed by atoms with van der Waals surface area (Å²) in [5, 5.41) is 6.42. The van der Waals surface area contributed by atoms with Gasteiger partial charge >= 0.3 is 0 Å². The molecule has 0 fully saturated rings. The van der Waals surface area contributed by atoms with Gasteiger partial charge in [0.2, 0.25) is 0 Å². The fourth-order valence-electron chi connectivity index (χ4n) is 2.33. The summed E-state index contributed by atoms with van der Waals surface area (Å²) >= 11 is 1.63. The maximum Gasteiger partial charge on any atom is 0.142 e. The Hall–Kier alpha value is -2.40. The summed E-state index contributed by atoms with van der Waals surface area (Å²) in [6, 6.07) is 10.1. The molecule has 1 aliphatic heterocycles. The molecule has 0 spiro atoms. The van der Waals surface area contributed by atoms with Crippen LogP contribution in [0.2, 0.25) is 0 Å². The molecule has 0 unspecified atom stereocenters. The highest BCUT2D eigenvalue weighted by atomic mass is 32.1. The zero-order valence-corrected chi connectivity index (χ0v) is 12.1. The van der Waals surface area contributed by atoms with Crippen molar-refractivity contribution in [1.82, 2.24) is 9.97 Å². The van der Waals surface area contributed by atoms with Crippen LogP contribution in [-0.4, -0.2) is 23.1 Å². The molecule has 21 heavy (non-hydrogen) atoms. The standard InChI is InChI=1S/C16H13N3OS/c1-2-12(9-17-5-1)16-19-14(10-21-16)11-3-4-15-13(8-11)18-6-7-20-15/h1-5,8-10,18H,6-7H2. The Morgan fingerprint density at radius 3 is 3.10 bits per heavy atom. The Kier molecular flexibility index (Phi) is 3.05. The van der Waals surface area contributed by atoms with Gasteiger partial charge in [0.1, 0.15) is 17.4 Å². The van der Waals surface area contributed by atoms with Gasteiger partial charge in [0, 0.05) is 35.4 Å². The van der Waals surface area contributed by atoms with Gasteiger partial charge in [-0.15, -0.1) is 11.3 Å². The molecule has 3 heterocycles. The average molecular weight is 295 g/mol. The van der Waals surface area contributed by atoms with Crippen molar-refractivity contribution < 1.29 is 4.74 Å². The highest BCUT2D eigenvalue weighted by Crippen LogP contribution is 2.34. The van der Waals surface area contributed by atoms with Crippen LogP contribution in [-0.2, 0) is 0 Å². The first-order chi connectivity index (χ1) is 10.4. The number of rotatable bonds is 2. The lowest BCUT2D eigenvalue weighted by Crippen LogP contribution is -2.17. The van der Waals surface area contributed by atoms with Gasteiger partial charge in [0.05, 0.1) is 11.4 Å². The number of aromatic nitrogens is 2. The van der Waals surface area contributed by atoms with Gasteiger partial charge in [0.15, 0.2) is 0 Å². The van der Waals surface area contributed by atoms with E-state index in [9.17, 15) is 0 Å². The number of hydrogen-bond donors (Lipinski definition) is 1. The molecule has 1 aromatic carbocycles. The molecule has 4 rings (SSSR count). The number of pyridine rings is 1. The molecule has 0 aliphatic carbocycles. The third-order valence-electron chi connectivity index (χ3n) is 3.36. The van der Waals surface area contributed by atoms with E-state index in [1.54, 1.807) is 17.5 Å². The number of nitrogens with zero attached hydrogens (tertiary/aromatic N) is 2. The molecule has 0 atom stereocenters. The minimum absolute atomic E-state index is 0.716. The molecule has 0 saturated carbocycles. The second-order valence-corrected chi connectivity index (χ2v) is 5.62. The molecule has 0 saturated heterocycles. The van der Waals surface area contributed by atoms with E-state index >= 15 is 0 Å². The maximum atomic E-state index is 5.60. The molecule has 3 aromatic rings. The quantitative estimate of drug-likeness (QED) is 0.783. The van der Waals surface area contributed by atoms with Crippen LogP contribution in [0.3, 0.4) is 0 Å². The summed E-state index contributed by atoms with van der Waals surface area (Å²) in [5.41, 5.74) is 4.16. The van der Waals surface area contributed by atoms with Gasteiger partial charge in [0.25, 0.3) is 0 Å². The summed E-state index contributed by atoms with van der Waals surface area (Å²) in [5.74, 6) is 0.910. The van der Waals surface area contributed by atoms with Gasteiger partial charge in [-0.3, -0.25) is 4.98 Å². The van der Waals surface area contributed by atoms with Crippen LogP contribution in [0.15, 0.2) is 48.1 Å². The van der Waals surface area contributed by atoms with E-state index in [4.69, 9.17) is 9.72 Å². The van der Waals surface area contributed by atoms with Crippen molar-refractivity contribution in [1.29, 1.82) is 0 Å². The third-order valence-corrected chi connectivity index (χ3v) is 4.25. The highest BCUT2D eigenvalue weighted by molar-refractivity contribution is 7.13. The fraction of sp³-hybridized carbons (Fsp3) is 0.125. The van der Waals surface area contributed by atoms with Crippen LogP contribution >= 0.6 is 11.3 Å². The van der Waals surface area contributed by atoms with E-state index in [-0.39, 0.29) is 0 Å². The van der Waals surface area contributed by atoms with E-state index in [1.165, 1.54) is 0 Å². The van der Waals surface area contributed by atoms with E-state index in [0.717, 1.165) is 39.8 Å². The molecule has 4 nitrogen and oxygen atoms in total. The summed E-state index contributed by atoms with van der Waals surface area (Å²) < 4.78 is 5.60. The van der Waals surface area contributed by atoms with Gasteiger partial charge in [-0.25, -0.2) is 4.98 Å². The number of hydrogen-bond acceptors (Lipinski definition) is 5. The lowest BCUT2D eigenvalue weighted by atomic mass is 10.1. The molecule has 104 valence electrons. The molecular weight excluding hydrogens is 282 g/mol. The minimum Gasteiger partial charge on any atom is -0.490 e. The summed E-state index contributed by atoms with van der Waals surface area (Å²) in [6.07, 6.45) is 3.61. The number of nitrogens with one attached hydrogen (secondary N) is 1. The van der Waals surface area contributed by atoms with Crippen LogP contribution in [0.4, 0.5) is 5.69 Å². The zero-order valence-electron chi connectivity index (χ0n) is 11.2. The topological polar surface area (TPSA) is 47.0 Å². The number of fused-ring (bicyclic) bond motifs is 1. The summed E-state index contributed by atoms with van der Waals surface area (Å²) in [7, 11) is 0. The monoisotopic (exact) mass is 295 g/mol. The Labute approximate surface area is 126 Å². The number of anilines is 1. The predicted octanol–water partition coefficient (Wildman–Crippen LogP) is 3.68. The third kappa shape index (κ3) is 2.36. The number of ether oxygens (including phenoxy) is 1. The van der Waals surface area contributed by atoms with Gasteiger partial charge < -0.3 is 10.1 Å². The highest BCUT2D eigenvalue weighted by Gasteiger charge is 2.12. The second-order valence-electron chi connectivity index (χ2n) is 4.77. The van der Waals surface area contributed by atoms with Crippen LogP contribution < -0.4 is 10.1 Å². The minimum atomic E-state index is 0.716. The molecule has 5 heteroatoms. The Bertz CT molecular complexity index is 770. The molecule has 1 N–H and O–H groups in total. The first-order valence-electron chi connectivity index (χ1n) is 6.77. The summed E-state index contributed by atoms with van der Waals surface area (Å²) in [4.78, 5) is 8.85. The molecular formula is C16H13N3OS. The van der Waals surface area contributed by atoms with Crippen LogP contribution in [0.5, 0.6) is 5.75 Å². The maximum absolute atomic E-state index is 5.60. The number of thiazole rings is 1. The smallest absolute Gasteiger partial charge is 0.142 e. The zero-order chi connectivity index (χ0) is 14.1. The van der Waals surface area contributed by atoms with Crippen molar-refractivity contribution in [3.05, 3.63) is 48.1 Å². The van der Waals surface area contributed by atoms with Crippen molar-refractivity contribution in [3.63, 3.8) is 0 Å². The van der Waals surface area contributed by atoms with Crippen molar-refractivity contribution >= 4 is 17.0 Å². The molecule has 0 bridgehead atoms. The lowest BCUT2D eigenvalue weighted by Gasteiger charge is -2.19. The Morgan fingerprint density at radius 2 is 2.19 bits per heavy atom. The van der Waals surface area contributed by atoms with E-state index in [0.29, 0.717) is 6.61 Å². The predicted molar refractivity (Wildman–Crippen MR) is 84.8 cm³/mol. The van der Waals surface area contributed by atoms with Gasteiger partial charge in [-0.2, -0.15) is 0 Å². The Morgan fingerprint density at radius 1 is 1.19 bits per heavy atom. The normalized spacial score (nSPS) is 13.1. The van der Waals surface area contributed by atoms with Crippen LogP contribution in [0, 0.1) is 0 Å². The molecule has 0 amide bonds. The largest absolute Gasteiger partial charge is 0.490 e. The van der Waals surface area contributed by atoms with Gasteiger partial charge in [-0.05, 0) is 30.3 Å². The first-order valence-corrected chi connectivity index (χ1v) is 7.65. The van der Waals surface area contributed by atoms with E-state index < -0.39 is 0 Å². The first kappa shape index (κ1) is 12.3. The van der Waals surface area contributed by atoms with Crippen molar-refractivity contribution in [2.24, 2.45) is 0 Å². The van der Waals surface area contributed by atoms with Crippen molar-refractivity contribution in [2.45, 2.75) is 0 Å². The molecule has 1 aliphatic rings. The van der Waals surface area contributed by atoms with Crippen LogP contribution in [0.1, 0.15) is 0 Å². The SMILES string of the molecule is c1cncc(-c2nc(-c3ccc4c(c3)NCCO4)cs2)c1. The van der Waals surface area contributed by atoms with E-state index in [1.807, 2.05) is 30.5 Å². The lowest BCUT2D eigenvalue weighted by molar-refractivity contribution is 0.323. The van der Waals surface area contributed by atoms with Crippen molar-refractivity contribution in [2.75, 3.05) is 18.5 Å². The Balaban J connectivity index is 1.70. The van der Waals surface area contributed by atoms with Crippen LogP contribution in [0.25, 0.3) is 21.8 Å². The number of benzene rings is 1. The van der Waals surface area contributed by atoms with Gasteiger partial charge in [-0.1, -0.05) is 0 Å². The molecule has 2 aromatic heterocycles. The van der Waals surface area contributed by atoms with Crippen molar-refractivity contribution in [3.8, 4) is 27.6 Å².